The number of benzene rings is 3. The zero-order chi connectivity index (χ0) is 13.8. The van der Waals surface area contributed by atoms with Crippen LogP contribution < -0.4 is 0 Å². The fourth-order valence-electron chi connectivity index (χ4n) is 3.59. The Morgan fingerprint density at radius 1 is 0.762 bits per heavy atom. The fourth-order valence-corrected chi connectivity index (χ4v) is 3.59. The van der Waals surface area contributed by atoms with Crippen LogP contribution in [-0.4, -0.2) is 4.98 Å². The third-order valence-electron chi connectivity index (χ3n) is 4.53. The molecule has 1 heterocycles. The minimum atomic E-state index is 0.990. The van der Waals surface area contributed by atoms with Crippen LogP contribution in [0.1, 0.15) is 11.1 Å². The topological polar surface area (TPSA) is 12.9 Å². The van der Waals surface area contributed by atoms with E-state index in [9.17, 15) is 0 Å². The second kappa shape index (κ2) is 3.92. The lowest BCUT2D eigenvalue weighted by Crippen LogP contribution is -1.86. The second-order valence-electron chi connectivity index (χ2n) is 5.66. The smallest absolute Gasteiger partial charge is 0.0743 e. The van der Waals surface area contributed by atoms with E-state index in [0.717, 1.165) is 11.9 Å². The van der Waals surface area contributed by atoms with E-state index in [4.69, 9.17) is 0 Å². The van der Waals surface area contributed by atoms with Gasteiger partial charge in [0.1, 0.15) is 0 Å². The number of hydrogen-bond donors (Lipinski definition) is 0. The van der Waals surface area contributed by atoms with E-state index in [2.05, 4.69) is 59.6 Å². The van der Waals surface area contributed by atoms with Crippen LogP contribution in [0.3, 0.4) is 0 Å². The maximum absolute atomic E-state index is 4.62. The Kier molecular flexibility index (Phi) is 2.06. The zero-order valence-corrected chi connectivity index (χ0v) is 11.5. The normalized spacial score (nSPS) is 12.6. The molecule has 0 saturated carbocycles. The van der Waals surface area contributed by atoms with Gasteiger partial charge in [0, 0.05) is 18.0 Å². The highest BCUT2D eigenvalue weighted by atomic mass is 14.7. The Labute approximate surface area is 122 Å². The van der Waals surface area contributed by atoms with E-state index in [-0.39, 0.29) is 0 Å². The van der Waals surface area contributed by atoms with Gasteiger partial charge in [0.2, 0.25) is 0 Å². The third kappa shape index (κ3) is 1.43. The molecule has 0 atom stereocenters. The first kappa shape index (κ1) is 11.0. The van der Waals surface area contributed by atoms with Crippen molar-refractivity contribution in [2.24, 2.45) is 0 Å². The van der Waals surface area contributed by atoms with Crippen molar-refractivity contribution < 1.29 is 0 Å². The first-order valence-electron chi connectivity index (χ1n) is 7.29. The lowest BCUT2D eigenvalue weighted by molar-refractivity contribution is 1.26. The number of aromatic nitrogens is 1. The minimum absolute atomic E-state index is 0.990. The number of pyridine rings is 1. The van der Waals surface area contributed by atoms with E-state index in [1.165, 1.54) is 38.4 Å². The molecule has 4 aromatic rings. The van der Waals surface area contributed by atoms with Crippen LogP contribution in [0.2, 0.25) is 0 Å². The SMILES string of the molecule is c1ccc2c3c(ccc2c1)Cc1c-3ccc2cccnc12. The summed E-state index contributed by atoms with van der Waals surface area (Å²) in [5.41, 5.74) is 6.69. The molecule has 0 saturated heterocycles. The molecule has 0 radical (unpaired) electrons. The third-order valence-corrected chi connectivity index (χ3v) is 4.53. The van der Waals surface area contributed by atoms with E-state index in [1.807, 2.05) is 12.3 Å². The fraction of sp³-hybridized carbons (Fsp3) is 0.0500. The van der Waals surface area contributed by atoms with Crippen molar-refractivity contribution in [2.45, 2.75) is 6.42 Å². The summed E-state index contributed by atoms with van der Waals surface area (Å²) in [6, 6.07) is 21.7. The minimum Gasteiger partial charge on any atom is -0.256 e. The first-order valence-corrected chi connectivity index (χ1v) is 7.29. The molecule has 98 valence electrons. The molecule has 5 rings (SSSR count). The second-order valence-corrected chi connectivity index (χ2v) is 5.66. The average molecular weight is 267 g/mol. The molecule has 1 aromatic heterocycles. The lowest BCUT2D eigenvalue weighted by atomic mass is 9.97. The predicted octanol–water partition coefficient (Wildman–Crippen LogP) is 4.96. The van der Waals surface area contributed by atoms with Gasteiger partial charge in [-0.05, 0) is 39.1 Å². The summed E-state index contributed by atoms with van der Waals surface area (Å²) in [7, 11) is 0. The molecule has 0 unspecified atom stereocenters. The average Bonchev–Trinajstić information content (AvgIpc) is 2.94. The predicted molar refractivity (Wildman–Crippen MR) is 87.5 cm³/mol. The van der Waals surface area contributed by atoms with Gasteiger partial charge in [-0.3, -0.25) is 4.98 Å². The Bertz CT molecular complexity index is 1010. The Balaban J connectivity index is 1.93. The maximum atomic E-state index is 4.62. The summed E-state index contributed by atoms with van der Waals surface area (Å²) >= 11 is 0. The first-order chi connectivity index (χ1) is 10.4. The molecule has 0 spiro atoms. The molecular formula is C20H13N. The van der Waals surface area contributed by atoms with Crippen molar-refractivity contribution in [1.82, 2.24) is 4.98 Å². The van der Waals surface area contributed by atoms with Crippen molar-refractivity contribution in [3.05, 3.63) is 78.0 Å². The largest absolute Gasteiger partial charge is 0.256 e. The van der Waals surface area contributed by atoms with Crippen LogP contribution in [0, 0.1) is 0 Å². The lowest BCUT2D eigenvalue weighted by Gasteiger charge is -2.07. The highest BCUT2D eigenvalue weighted by molar-refractivity contribution is 6.04. The van der Waals surface area contributed by atoms with Gasteiger partial charge in [-0.2, -0.15) is 0 Å². The maximum Gasteiger partial charge on any atom is 0.0743 e. The molecule has 1 aliphatic carbocycles. The zero-order valence-electron chi connectivity index (χ0n) is 11.5. The standard InChI is InChI=1S/C20H13N/c1-2-6-16-13(4-1)7-8-15-12-18-17(19(15)16)10-9-14-5-3-11-21-20(14)18/h1-11H,12H2. The monoisotopic (exact) mass is 267 g/mol. The van der Waals surface area contributed by atoms with Crippen LogP contribution in [0.15, 0.2) is 66.9 Å². The van der Waals surface area contributed by atoms with Crippen molar-refractivity contribution in [3.63, 3.8) is 0 Å². The van der Waals surface area contributed by atoms with Gasteiger partial charge < -0.3 is 0 Å². The quantitative estimate of drug-likeness (QED) is 0.386. The molecular weight excluding hydrogens is 254 g/mol. The van der Waals surface area contributed by atoms with Gasteiger partial charge in [-0.25, -0.2) is 0 Å². The van der Waals surface area contributed by atoms with Crippen molar-refractivity contribution in [2.75, 3.05) is 0 Å². The van der Waals surface area contributed by atoms with Crippen LogP contribution >= 0.6 is 0 Å². The Hall–Kier alpha value is -2.67. The molecule has 3 aromatic carbocycles. The van der Waals surface area contributed by atoms with Gasteiger partial charge in [0.15, 0.2) is 0 Å². The summed E-state index contributed by atoms with van der Waals surface area (Å²) in [5.74, 6) is 0. The molecule has 21 heavy (non-hydrogen) atoms. The molecule has 0 amide bonds. The van der Waals surface area contributed by atoms with Gasteiger partial charge in [0.25, 0.3) is 0 Å². The Morgan fingerprint density at radius 3 is 2.62 bits per heavy atom. The van der Waals surface area contributed by atoms with Crippen molar-refractivity contribution >= 4 is 21.7 Å². The van der Waals surface area contributed by atoms with E-state index in [0.29, 0.717) is 0 Å². The van der Waals surface area contributed by atoms with Gasteiger partial charge in [0.05, 0.1) is 5.52 Å². The van der Waals surface area contributed by atoms with Gasteiger partial charge in [-0.15, -0.1) is 0 Å². The highest BCUT2D eigenvalue weighted by Crippen LogP contribution is 2.43. The number of nitrogens with zero attached hydrogens (tertiary/aromatic N) is 1. The van der Waals surface area contributed by atoms with E-state index < -0.39 is 0 Å². The summed E-state index contributed by atoms with van der Waals surface area (Å²) < 4.78 is 0. The van der Waals surface area contributed by atoms with Gasteiger partial charge >= 0.3 is 0 Å². The van der Waals surface area contributed by atoms with E-state index >= 15 is 0 Å². The number of hydrogen-bond acceptors (Lipinski definition) is 1. The number of rotatable bonds is 0. The van der Waals surface area contributed by atoms with Crippen molar-refractivity contribution in [1.29, 1.82) is 0 Å². The molecule has 0 bridgehead atoms. The summed E-state index contributed by atoms with van der Waals surface area (Å²) in [6.45, 7) is 0. The molecule has 0 N–H and O–H groups in total. The highest BCUT2D eigenvalue weighted by Gasteiger charge is 2.22. The van der Waals surface area contributed by atoms with Crippen LogP contribution in [-0.2, 0) is 6.42 Å². The van der Waals surface area contributed by atoms with Crippen LogP contribution in [0.4, 0.5) is 0 Å². The van der Waals surface area contributed by atoms with E-state index in [1.54, 1.807) is 0 Å². The molecule has 0 fully saturated rings. The summed E-state index contributed by atoms with van der Waals surface area (Å²) in [4.78, 5) is 4.62. The molecule has 1 aliphatic rings. The number of fused-ring (bicyclic) bond motifs is 7. The van der Waals surface area contributed by atoms with Gasteiger partial charge in [-0.1, -0.05) is 54.6 Å². The molecule has 0 aliphatic heterocycles. The summed E-state index contributed by atoms with van der Waals surface area (Å²) in [6.07, 6.45) is 2.88. The molecule has 1 heteroatoms. The Morgan fingerprint density at radius 2 is 1.62 bits per heavy atom. The van der Waals surface area contributed by atoms with Crippen LogP contribution in [0.25, 0.3) is 32.8 Å². The summed E-state index contributed by atoms with van der Waals surface area (Å²) in [5, 5.41) is 3.89. The van der Waals surface area contributed by atoms with Crippen LogP contribution in [0.5, 0.6) is 0 Å². The van der Waals surface area contributed by atoms with Crippen molar-refractivity contribution in [3.8, 4) is 11.1 Å². The molecule has 1 nitrogen and oxygen atoms in total.